The molecule has 0 spiro atoms. The van der Waals surface area contributed by atoms with Crippen LogP contribution in [0, 0.1) is 0 Å². The molecule has 0 bridgehead atoms. The SMILES string of the molecule is CCCCCCCCOS(=O)(=O)c1cccc2ccccc12.[Na]. The van der Waals surface area contributed by atoms with E-state index in [1.807, 2.05) is 30.3 Å². The van der Waals surface area contributed by atoms with Gasteiger partial charge in [-0.1, -0.05) is 75.4 Å². The van der Waals surface area contributed by atoms with Crippen molar-refractivity contribution in [1.29, 1.82) is 0 Å². The van der Waals surface area contributed by atoms with Gasteiger partial charge in [0.05, 0.1) is 6.61 Å². The van der Waals surface area contributed by atoms with Crippen LogP contribution >= 0.6 is 0 Å². The maximum Gasteiger partial charge on any atom is 0.297 e. The van der Waals surface area contributed by atoms with E-state index in [1.54, 1.807) is 12.1 Å². The fourth-order valence-corrected chi connectivity index (χ4v) is 3.69. The fraction of sp³-hybridized carbons (Fsp3) is 0.444. The van der Waals surface area contributed by atoms with Crippen LogP contribution in [-0.2, 0) is 14.3 Å². The van der Waals surface area contributed by atoms with E-state index < -0.39 is 10.1 Å². The summed E-state index contributed by atoms with van der Waals surface area (Å²) in [6.07, 6.45) is 6.62. The molecule has 0 unspecified atom stereocenters. The molecule has 0 aliphatic heterocycles. The van der Waals surface area contributed by atoms with E-state index in [2.05, 4.69) is 6.92 Å². The van der Waals surface area contributed by atoms with E-state index in [0.717, 1.165) is 24.6 Å². The number of rotatable bonds is 9. The molecule has 0 fully saturated rings. The molecule has 5 heteroatoms. The Balaban J connectivity index is 0.00000264. The Hall–Kier alpha value is -0.390. The number of unbranched alkanes of at least 4 members (excludes halogenated alkanes) is 5. The summed E-state index contributed by atoms with van der Waals surface area (Å²) in [6, 6.07) is 12.7. The van der Waals surface area contributed by atoms with Gasteiger partial charge in [0.2, 0.25) is 0 Å². The van der Waals surface area contributed by atoms with Crippen molar-refractivity contribution < 1.29 is 12.6 Å². The van der Waals surface area contributed by atoms with Crippen molar-refractivity contribution in [1.82, 2.24) is 0 Å². The quantitative estimate of drug-likeness (QED) is 0.382. The van der Waals surface area contributed by atoms with Crippen molar-refractivity contribution in [2.45, 2.75) is 50.3 Å². The molecule has 1 radical (unpaired) electrons. The summed E-state index contributed by atoms with van der Waals surface area (Å²) in [7, 11) is -3.68. The van der Waals surface area contributed by atoms with E-state index in [-0.39, 0.29) is 41.1 Å². The molecule has 0 saturated carbocycles. The maximum absolute atomic E-state index is 12.4. The van der Waals surface area contributed by atoms with Crippen LogP contribution in [0.15, 0.2) is 47.4 Å². The van der Waals surface area contributed by atoms with Gasteiger partial charge in [-0.2, -0.15) is 8.42 Å². The molecule has 0 saturated heterocycles. The summed E-state index contributed by atoms with van der Waals surface area (Å²) in [5.74, 6) is 0. The number of hydrogen-bond acceptors (Lipinski definition) is 3. The number of fused-ring (bicyclic) bond motifs is 1. The predicted molar refractivity (Wildman–Crippen MR) is 96.2 cm³/mol. The smallest absolute Gasteiger partial charge is 0.266 e. The number of hydrogen-bond donors (Lipinski definition) is 0. The van der Waals surface area contributed by atoms with Crippen LogP contribution in [0.5, 0.6) is 0 Å². The Morgan fingerprint density at radius 2 is 1.52 bits per heavy atom. The van der Waals surface area contributed by atoms with Crippen molar-refractivity contribution >= 4 is 50.4 Å². The van der Waals surface area contributed by atoms with Crippen LogP contribution in [0.1, 0.15) is 45.4 Å². The van der Waals surface area contributed by atoms with Gasteiger partial charge in [0, 0.05) is 34.9 Å². The van der Waals surface area contributed by atoms with Crippen molar-refractivity contribution in [3.8, 4) is 0 Å². The minimum atomic E-state index is -3.68. The Morgan fingerprint density at radius 1 is 0.870 bits per heavy atom. The molecule has 0 atom stereocenters. The Bertz CT molecular complexity index is 693. The molecule has 0 heterocycles. The summed E-state index contributed by atoms with van der Waals surface area (Å²) in [5.41, 5.74) is 0. The molecule has 0 amide bonds. The second kappa shape index (κ2) is 10.5. The molecule has 2 aromatic rings. The van der Waals surface area contributed by atoms with E-state index in [4.69, 9.17) is 4.18 Å². The first-order chi connectivity index (χ1) is 10.6. The molecule has 0 aliphatic carbocycles. The van der Waals surface area contributed by atoms with Gasteiger partial charge in [-0.05, 0) is 17.9 Å². The van der Waals surface area contributed by atoms with Crippen LogP contribution in [-0.4, -0.2) is 44.6 Å². The van der Waals surface area contributed by atoms with Crippen LogP contribution in [0.2, 0.25) is 0 Å². The Kier molecular flexibility index (Phi) is 9.40. The van der Waals surface area contributed by atoms with Crippen LogP contribution in [0.3, 0.4) is 0 Å². The standard InChI is InChI=1S/C18H24O3S.Na/c1-2-3-4-5-6-9-15-21-22(19,20)18-14-10-12-16-11-7-8-13-17(16)18;/h7-8,10-14H,2-6,9,15H2,1H3;. The van der Waals surface area contributed by atoms with E-state index >= 15 is 0 Å². The topological polar surface area (TPSA) is 43.4 Å². The summed E-state index contributed by atoms with van der Waals surface area (Å²) in [4.78, 5) is 0.261. The minimum Gasteiger partial charge on any atom is -0.266 e. The largest absolute Gasteiger partial charge is 0.297 e. The molecular formula is C18H24NaO3S. The van der Waals surface area contributed by atoms with Crippen molar-refractivity contribution in [2.24, 2.45) is 0 Å². The van der Waals surface area contributed by atoms with Gasteiger partial charge in [0.1, 0.15) is 4.90 Å². The molecule has 2 aromatic carbocycles. The second-order valence-corrected chi connectivity index (χ2v) is 7.10. The maximum atomic E-state index is 12.4. The van der Waals surface area contributed by atoms with Crippen molar-refractivity contribution in [3.63, 3.8) is 0 Å². The van der Waals surface area contributed by atoms with Gasteiger partial charge in [-0.25, -0.2) is 0 Å². The zero-order valence-corrected chi connectivity index (χ0v) is 16.9. The molecule has 121 valence electrons. The Morgan fingerprint density at radius 3 is 2.30 bits per heavy atom. The average Bonchev–Trinajstić information content (AvgIpc) is 2.53. The van der Waals surface area contributed by atoms with Crippen molar-refractivity contribution in [2.75, 3.05) is 6.61 Å². The summed E-state index contributed by atoms with van der Waals surface area (Å²) < 4.78 is 29.9. The van der Waals surface area contributed by atoms with E-state index in [0.29, 0.717) is 5.39 Å². The van der Waals surface area contributed by atoms with E-state index in [9.17, 15) is 8.42 Å². The first kappa shape index (κ1) is 20.7. The molecule has 0 N–H and O–H groups in total. The molecule has 23 heavy (non-hydrogen) atoms. The zero-order chi connectivity index (χ0) is 15.8. The minimum absolute atomic E-state index is 0. The van der Waals surface area contributed by atoms with Crippen LogP contribution in [0.25, 0.3) is 10.8 Å². The molecule has 0 aliphatic rings. The van der Waals surface area contributed by atoms with Gasteiger partial charge in [0.25, 0.3) is 10.1 Å². The van der Waals surface area contributed by atoms with Crippen LogP contribution in [0.4, 0.5) is 0 Å². The molecule has 3 nitrogen and oxygen atoms in total. The third kappa shape index (κ3) is 6.20. The molecule has 2 rings (SSSR count). The summed E-state index contributed by atoms with van der Waals surface area (Å²) in [5, 5.41) is 1.62. The van der Waals surface area contributed by atoms with Crippen LogP contribution < -0.4 is 0 Å². The van der Waals surface area contributed by atoms with Gasteiger partial charge in [-0.15, -0.1) is 0 Å². The first-order valence-corrected chi connectivity index (χ1v) is 9.43. The zero-order valence-electron chi connectivity index (χ0n) is 14.1. The molecule has 0 aromatic heterocycles. The van der Waals surface area contributed by atoms with E-state index in [1.165, 1.54) is 19.3 Å². The van der Waals surface area contributed by atoms with Gasteiger partial charge in [0.15, 0.2) is 0 Å². The first-order valence-electron chi connectivity index (χ1n) is 8.02. The normalized spacial score (nSPS) is 11.3. The summed E-state index contributed by atoms with van der Waals surface area (Å²) >= 11 is 0. The average molecular weight is 343 g/mol. The summed E-state index contributed by atoms with van der Waals surface area (Å²) in [6.45, 7) is 2.44. The van der Waals surface area contributed by atoms with Gasteiger partial charge < -0.3 is 0 Å². The third-order valence-electron chi connectivity index (χ3n) is 3.76. The second-order valence-electron chi connectivity index (χ2n) is 5.52. The van der Waals surface area contributed by atoms with Crippen molar-refractivity contribution in [3.05, 3.63) is 42.5 Å². The molecular weight excluding hydrogens is 319 g/mol. The predicted octanol–water partition coefficient (Wildman–Crippen LogP) is 4.52. The number of benzene rings is 2. The van der Waals surface area contributed by atoms with Gasteiger partial charge in [-0.3, -0.25) is 4.18 Å². The third-order valence-corrected chi connectivity index (χ3v) is 5.13. The fourth-order valence-electron chi connectivity index (χ4n) is 2.53. The monoisotopic (exact) mass is 343 g/mol. The Labute approximate surface area is 161 Å². The van der Waals surface area contributed by atoms with Gasteiger partial charge >= 0.3 is 0 Å².